The van der Waals surface area contributed by atoms with Gasteiger partial charge in [-0.05, 0) is 90.3 Å². The average Bonchev–Trinajstić information content (AvgIpc) is 3.28. The van der Waals surface area contributed by atoms with Crippen LogP contribution < -0.4 is 0 Å². The zero-order valence-electron chi connectivity index (χ0n) is 35.7. The maximum absolute atomic E-state index is 11.2. The van der Waals surface area contributed by atoms with Gasteiger partial charge in [0.15, 0.2) is 0 Å². The summed E-state index contributed by atoms with van der Waals surface area (Å²) in [6.07, 6.45) is 11.2. The summed E-state index contributed by atoms with van der Waals surface area (Å²) in [7, 11) is 0. The molecule has 0 aromatic rings. The molecule has 3 aliphatic carbocycles. The zero-order valence-corrected chi connectivity index (χ0v) is 35.7. The predicted octanol–water partition coefficient (Wildman–Crippen LogP) is 11.7. The summed E-state index contributed by atoms with van der Waals surface area (Å²) in [4.78, 5) is 44.2. The molecule has 4 N–H and O–H groups in total. The van der Waals surface area contributed by atoms with Gasteiger partial charge >= 0.3 is 23.9 Å². The molecule has 0 amide bonds. The molecule has 4 atom stereocenters. The number of rotatable bonds is 8. The third kappa shape index (κ3) is 15.0. The highest BCUT2D eigenvalue weighted by atomic mass is 16.4. The second-order valence-corrected chi connectivity index (χ2v) is 21.2. The normalized spacial score (nSPS) is 24.3. The third-order valence-electron chi connectivity index (χ3n) is 11.8. The topological polar surface area (TPSA) is 149 Å². The first kappa shape index (κ1) is 48.9. The van der Waals surface area contributed by atoms with Crippen molar-refractivity contribution >= 4 is 23.9 Å². The molecule has 3 aliphatic rings. The molecule has 0 aromatic heterocycles. The lowest BCUT2D eigenvalue weighted by Gasteiger charge is -2.38. The Morgan fingerprint density at radius 3 is 1.29 bits per heavy atom. The van der Waals surface area contributed by atoms with Crippen molar-refractivity contribution in [3.63, 3.8) is 0 Å². The van der Waals surface area contributed by atoms with Gasteiger partial charge < -0.3 is 20.4 Å². The van der Waals surface area contributed by atoms with Crippen molar-refractivity contribution in [2.75, 3.05) is 0 Å². The van der Waals surface area contributed by atoms with Gasteiger partial charge in [-0.25, -0.2) is 0 Å². The highest BCUT2D eigenvalue weighted by molar-refractivity contribution is 5.76. The van der Waals surface area contributed by atoms with Gasteiger partial charge in [-0.1, -0.05) is 136 Å². The predicted molar refractivity (Wildman–Crippen MR) is 208 cm³/mol. The van der Waals surface area contributed by atoms with E-state index in [0.717, 1.165) is 70.6 Å². The van der Waals surface area contributed by atoms with Gasteiger partial charge in [0.1, 0.15) is 0 Å². The van der Waals surface area contributed by atoms with E-state index in [4.69, 9.17) is 10.2 Å². The number of hydrogen-bond acceptors (Lipinski definition) is 4. The van der Waals surface area contributed by atoms with Gasteiger partial charge in [-0.3, -0.25) is 19.2 Å². The number of carbonyl (C=O) groups is 4. The van der Waals surface area contributed by atoms with Crippen LogP contribution in [0.4, 0.5) is 0 Å². The van der Waals surface area contributed by atoms with Crippen molar-refractivity contribution in [3.8, 4) is 0 Å². The van der Waals surface area contributed by atoms with Gasteiger partial charge in [0.05, 0.1) is 22.7 Å². The first-order chi connectivity index (χ1) is 22.7. The second kappa shape index (κ2) is 18.3. The smallest absolute Gasteiger partial charge is 0.309 e. The summed E-state index contributed by atoms with van der Waals surface area (Å²) in [6, 6.07) is 0. The Labute approximate surface area is 312 Å². The van der Waals surface area contributed by atoms with Crippen molar-refractivity contribution in [1.82, 2.24) is 0 Å². The fraction of sp³-hybridized carbons (Fsp3) is 0.907. The van der Waals surface area contributed by atoms with Crippen LogP contribution in [0.15, 0.2) is 0 Å². The highest BCUT2D eigenvalue weighted by Gasteiger charge is 2.66. The van der Waals surface area contributed by atoms with E-state index < -0.39 is 34.7 Å². The van der Waals surface area contributed by atoms with Crippen molar-refractivity contribution < 1.29 is 39.6 Å². The number of carboxylic acids is 4. The Morgan fingerprint density at radius 2 is 1.08 bits per heavy atom. The van der Waals surface area contributed by atoms with Crippen molar-refractivity contribution in [2.24, 2.45) is 61.6 Å². The van der Waals surface area contributed by atoms with Crippen LogP contribution in [0.25, 0.3) is 0 Å². The van der Waals surface area contributed by atoms with Crippen molar-refractivity contribution in [3.05, 3.63) is 0 Å². The van der Waals surface area contributed by atoms with Crippen molar-refractivity contribution in [1.29, 1.82) is 0 Å². The summed E-state index contributed by atoms with van der Waals surface area (Å²) < 4.78 is 0. The van der Waals surface area contributed by atoms with E-state index in [-0.39, 0.29) is 38.9 Å². The number of hydrogen-bond donors (Lipinski definition) is 4. The number of aliphatic carboxylic acids is 4. The van der Waals surface area contributed by atoms with Gasteiger partial charge in [-0.15, -0.1) is 0 Å². The molecule has 3 saturated carbocycles. The van der Waals surface area contributed by atoms with Crippen LogP contribution in [0.3, 0.4) is 0 Å². The van der Waals surface area contributed by atoms with Gasteiger partial charge in [0.25, 0.3) is 0 Å². The van der Waals surface area contributed by atoms with E-state index in [1.807, 2.05) is 27.7 Å². The highest BCUT2D eigenvalue weighted by Crippen LogP contribution is 2.65. The fourth-order valence-corrected chi connectivity index (χ4v) is 9.60. The second-order valence-electron chi connectivity index (χ2n) is 21.2. The average molecular weight is 725 g/mol. The van der Waals surface area contributed by atoms with E-state index in [1.54, 1.807) is 0 Å². The van der Waals surface area contributed by atoms with Crippen LogP contribution in [0, 0.1) is 61.6 Å². The summed E-state index contributed by atoms with van der Waals surface area (Å²) in [6.45, 7) is 33.4. The Balaban J connectivity index is 0.000000654. The number of carboxylic acid groups (broad SMARTS) is 4. The lowest BCUT2D eigenvalue weighted by atomic mass is 9.66. The molecule has 8 heteroatoms. The Morgan fingerprint density at radius 1 is 0.627 bits per heavy atom. The molecule has 0 heterocycles. The molecule has 0 radical (unpaired) electrons. The van der Waals surface area contributed by atoms with Crippen LogP contribution in [0.2, 0.25) is 0 Å². The van der Waals surface area contributed by atoms with E-state index in [0.29, 0.717) is 11.8 Å². The summed E-state index contributed by atoms with van der Waals surface area (Å²) in [5, 5.41) is 36.4. The molecule has 0 aromatic carbocycles. The molecule has 0 spiro atoms. The minimum atomic E-state index is -0.646. The quantitative estimate of drug-likeness (QED) is 0.193. The van der Waals surface area contributed by atoms with Crippen LogP contribution >= 0.6 is 0 Å². The first-order valence-electron chi connectivity index (χ1n) is 19.7. The monoisotopic (exact) mass is 725 g/mol. The molecule has 3 fully saturated rings. The minimum absolute atomic E-state index is 0.00984. The maximum Gasteiger partial charge on any atom is 0.309 e. The summed E-state index contributed by atoms with van der Waals surface area (Å²) >= 11 is 0. The van der Waals surface area contributed by atoms with Crippen molar-refractivity contribution in [2.45, 2.75) is 188 Å². The first-order valence-corrected chi connectivity index (χ1v) is 19.7. The maximum atomic E-state index is 11.2. The van der Waals surface area contributed by atoms with E-state index in [2.05, 4.69) is 83.1 Å². The molecule has 3 rings (SSSR count). The molecule has 300 valence electrons. The lowest BCUT2D eigenvalue weighted by Crippen LogP contribution is -2.35. The van der Waals surface area contributed by atoms with E-state index in [1.165, 1.54) is 6.42 Å². The van der Waals surface area contributed by atoms with E-state index in [9.17, 15) is 29.4 Å². The van der Waals surface area contributed by atoms with Gasteiger partial charge in [-0.2, -0.15) is 0 Å². The Bertz CT molecular complexity index is 1100. The minimum Gasteiger partial charge on any atom is -0.481 e. The van der Waals surface area contributed by atoms with Crippen LogP contribution in [-0.4, -0.2) is 44.3 Å². The summed E-state index contributed by atoms with van der Waals surface area (Å²) in [5.41, 5.74) is -0.455. The molecule has 0 bridgehead atoms. The Hall–Kier alpha value is -2.12. The molecule has 0 saturated heterocycles. The van der Waals surface area contributed by atoms with Crippen LogP contribution in [0.1, 0.15) is 188 Å². The van der Waals surface area contributed by atoms with Gasteiger partial charge in [0, 0.05) is 0 Å². The molecule has 0 aliphatic heterocycles. The third-order valence-corrected chi connectivity index (χ3v) is 11.8. The fourth-order valence-electron chi connectivity index (χ4n) is 9.60. The van der Waals surface area contributed by atoms with Gasteiger partial charge in [0.2, 0.25) is 0 Å². The standard InChI is InChI=1S/2C11H20O2.C11H22O2.C10H18O2/c1-10(2,3)8-11(9(12)13)6-4-5-7-11;1-11(2,3)9-7-5-4-6-8(9)10(12)13;1-6-11(7-2,9(12)13)8-10(3,4)5;1-9(2,3)7-6(8(11)12)10(7,4)5/h4-8H2,1-3H3,(H,12,13);8-9H,4-7H2,1-3H3,(H,12,13);6-8H2,1-5H3,(H,12,13);6-7H,1-5H3,(H,11,12). The SMILES string of the molecule is CC(C)(C)C1C(C(=O)O)C1(C)C.CC(C)(C)C1CCCCC1C(=O)O.CC(C)(C)CC1(C(=O)O)CCCC1.CCC(CC)(CC(C)(C)C)C(=O)O. The van der Waals surface area contributed by atoms with Crippen LogP contribution in [-0.2, 0) is 19.2 Å². The molecule has 4 unspecified atom stereocenters. The largest absolute Gasteiger partial charge is 0.481 e. The zero-order chi connectivity index (χ0) is 40.6. The molecular weight excluding hydrogens is 644 g/mol. The Kier molecular flexibility index (Phi) is 17.5. The molecule has 51 heavy (non-hydrogen) atoms. The van der Waals surface area contributed by atoms with E-state index >= 15 is 0 Å². The molecular formula is C43H80O8. The summed E-state index contributed by atoms with van der Waals surface area (Å²) in [5.74, 6) is -2.03. The van der Waals surface area contributed by atoms with Crippen LogP contribution in [0.5, 0.6) is 0 Å². The lowest BCUT2D eigenvalue weighted by molar-refractivity contribution is -0.152. The molecule has 8 nitrogen and oxygen atoms in total.